The molecule has 1 aromatic carbocycles. The van der Waals surface area contributed by atoms with E-state index in [1.54, 1.807) is 16.9 Å². The van der Waals surface area contributed by atoms with E-state index in [1.807, 2.05) is 51.1 Å². The van der Waals surface area contributed by atoms with Crippen LogP contribution in [0.3, 0.4) is 0 Å². The number of hydrogen-bond donors (Lipinski definition) is 0. The summed E-state index contributed by atoms with van der Waals surface area (Å²) in [6.45, 7) is 7.39. The van der Waals surface area contributed by atoms with E-state index >= 15 is 0 Å². The molecule has 1 aromatic rings. The molecule has 2 heterocycles. The van der Waals surface area contributed by atoms with Gasteiger partial charge in [0.15, 0.2) is 0 Å². The van der Waals surface area contributed by atoms with Crippen molar-refractivity contribution in [1.29, 1.82) is 0 Å². The van der Waals surface area contributed by atoms with Crippen molar-refractivity contribution in [1.82, 2.24) is 9.80 Å². The topological polar surface area (TPSA) is 68.3 Å². The van der Waals surface area contributed by atoms with Crippen LogP contribution in [0.5, 0.6) is 0 Å². The molecule has 2 fully saturated rings. The van der Waals surface area contributed by atoms with Gasteiger partial charge in [-0.05, 0) is 39.2 Å². The van der Waals surface area contributed by atoms with Crippen LogP contribution in [0.25, 0.3) is 0 Å². The van der Waals surface area contributed by atoms with Gasteiger partial charge in [-0.1, -0.05) is 30.3 Å². The highest BCUT2D eigenvalue weighted by Gasteiger charge is 2.54. The molecule has 2 saturated heterocycles. The summed E-state index contributed by atoms with van der Waals surface area (Å²) in [5.41, 5.74) is -0.176. The van der Waals surface area contributed by atoms with Gasteiger partial charge in [-0.15, -0.1) is 0 Å². The van der Waals surface area contributed by atoms with E-state index in [1.165, 1.54) is 0 Å². The van der Waals surface area contributed by atoms with Crippen LogP contribution < -0.4 is 0 Å². The molecule has 28 heavy (non-hydrogen) atoms. The van der Waals surface area contributed by atoms with Gasteiger partial charge in [0.2, 0.25) is 0 Å². The van der Waals surface area contributed by atoms with E-state index in [0.717, 1.165) is 12.0 Å². The molecule has 154 valence electrons. The van der Waals surface area contributed by atoms with Crippen LogP contribution in [0.4, 0.5) is 9.59 Å². The summed E-state index contributed by atoms with van der Waals surface area (Å²) < 4.78 is 16.8. The minimum atomic E-state index is -0.582. The number of benzene rings is 1. The van der Waals surface area contributed by atoms with Crippen molar-refractivity contribution in [3.05, 3.63) is 35.9 Å². The van der Waals surface area contributed by atoms with Gasteiger partial charge in [0.25, 0.3) is 0 Å². The maximum Gasteiger partial charge on any atom is 0.410 e. The first-order valence-corrected chi connectivity index (χ1v) is 9.74. The summed E-state index contributed by atoms with van der Waals surface area (Å²) in [7, 11) is 1.64. The lowest BCUT2D eigenvalue weighted by Crippen LogP contribution is -2.65. The molecule has 0 bridgehead atoms. The molecule has 0 aromatic heterocycles. The lowest BCUT2D eigenvalue weighted by atomic mass is 9.84. The Balaban J connectivity index is 1.59. The molecular formula is C21H30N2O5. The summed E-state index contributed by atoms with van der Waals surface area (Å²) in [4.78, 5) is 28.4. The molecule has 2 aliphatic rings. The van der Waals surface area contributed by atoms with Crippen LogP contribution in [-0.4, -0.2) is 66.0 Å². The normalized spacial score (nSPS) is 24.6. The molecule has 7 heteroatoms. The van der Waals surface area contributed by atoms with Crippen molar-refractivity contribution in [3.8, 4) is 0 Å². The second-order valence-electron chi connectivity index (χ2n) is 8.46. The maximum absolute atomic E-state index is 12.5. The first-order valence-electron chi connectivity index (χ1n) is 9.74. The molecule has 0 spiro atoms. The van der Waals surface area contributed by atoms with E-state index < -0.39 is 11.2 Å². The van der Waals surface area contributed by atoms with E-state index in [4.69, 9.17) is 14.2 Å². The Morgan fingerprint density at radius 3 is 2.43 bits per heavy atom. The van der Waals surface area contributed by atoms with Crippen LogP contribution >= 0.6 is 0 Å². The summed E-state index contributed by atoms with van der Waals surface area (Å²) in [6.07, 6.45) is 0.810. The minimum absolute atomic E-state index is 0.0979. The summed E-state index contributed by atoms with van der Waals surface area (Å²) in [5, 5.41) is 0. The van der Waals surface area contributed by atoms with Gasteiger partial charge in [0.05, 0.1) is 12.6 Å². The van der Waals surface area contributed by atoms with Gasteiger partial charge in [-0.2, -0.15) is 0 Å². The van der Waals surface area contributed by atoms with E-state index in [-0.39, 0.29) is 24.8 Å². The second kappa shape index (κ2) is 7.99. The zero-order chi connectivity index (χ0) is 20.4. The predicted molar refractivity (Wildman–Crippen MR) is 104 cm³/mol. The predicted octanol–water partition coefficient (Wildman–Crippen LogP) is 3.42. The fourth-order valence-electron chi connectivity index (χ4n) is 3.82. The number of likely N-dealkylation sites (tertiary alicyclic amines) is 2. The van der Waals surface area contributed by atoms with Gasteiger partial charge >= 0.3 is 12.2 Å². The Morgan fingerprint density at radius 1 is 1.14 bits per heavy atom. The average Bonchev–Trinajstić information content (AvgIpc) is 3.03. The third-order valence-corrected chi connectivity index (χ3v) is 5.39. The Morgan fingerprint density at radius 2 is 1.86 bits per heavy atom. The van der Waals surface area contributed by atoms with E-state index in [2.05, 4.69) is 0 Å². The lowest BCUT2D eigenvalue weighted by molar-refractivity contribution is -0.107. The molecule has 0 aliphatic carbocycles. The SMILES string of the molecule is CO[C@@]1([C@H]2CCN2C(=O)OC(C)(C)C)CCN(C(=O)OCc2ccccc2)C1. The second-order valence-corrected chi connectivity index (χ2v) is 8.46. The molecule has 2 atom stereocenters. The number of carbonyl (C=O) groups excluding carboxylic acids is 2. The Bertz CT molecular complexity index is 702. The van der Waals surface area contributed by atoms with Crippen molar-refractivity contribution in [2.75, 3.05) is 26.7 Å². The van der Waals surface area contributed by atoms with Crippen LogP contribution in [0.1, 0.15) is 39.2 Å². The van der Waals surface area contributed by atoms with Gasteiger partial charge in [-0.3, -0.25) is 0 Å². The number of carbonyl (C=O) groups is 2. The summed E-state index contributed by atoms with van der Waals surface area (Å²) in [6, 6.07) is 9.49. The molecule has 0 saturated carbocycles. The smallest absolute Gasteiger partial charge is 0.410 e. The number of rotatable bonds is 4. The van der Waals surface area contributed by atoms with Gasteiger partial charge < -0.3 is 24.0 Å². The van der Waals surface area contributed by atoms with Crippen LogP contribution in [0.15, 0.2) is 30.3 Å². The van der Waals surface area contributed by atoms with E-state index in [9.17, 15) is 9.59 Å². The maximum atomic E-state index is 12.5. The largest absolute Gasteiger partial charge is 0.445 e. The van der Waals surface area contributed by atoms with Crippen molar-refractivity contribution in [2.45, 2.75) is 57.5 Å². The van der Waals surface area contributed by atoms with E-state index in [0.29, 0.717) is 26.1 Å². The molecule has 0 unspecified atom stereocenters. The zero-order valence-corrected chi connectivity index (χ0v) is 17.1. The number of methoxy groups -OCH3 is 1. The molecule has 7 nitrogen and oxygen atoms in total. The monoisotopic (exact) mass is 390 g/mol. The number of amides is 2. The van der Waals surface area contributed by atoms with Gasteiger partial charge in [-0.25, -0.2) is 9.59 Å². The Kier molecular flexibility index (Phi) is 5.84. The zero-order valence-electron chi connectivity index (χ0n) is 17.1. The quantitative estimate of drug-likeness (QED) is 0.788. The van der Waals surface area contributed by atoms with Crippen molar-refractivity contribution in [3.63, 3.8) is 0 Å². The van der Waals surface area contributed by atoms with Gasteiger partial charge in [0.1, 0.15) is 17.8 Å². The fraction of sp³-hybridized carbons (Fsp3) is 0.619. The lowest BCUT2D eigenvalue weighted by Gasteiger charge is -2.49. The Hall–Kier alpha value is -2.28. The molecule has 0 radical (unpaired) electrons. The van der Waals surface area contributed by atoms with Gasteiger partial charge in [0, 0.05) is 20.2 Å². The highest BCUT2D eigenvalue weighted by atomic mass is 16.6. The van der Waals surface area contributed by atoms with Crippen LogP contribution in [0, 0.1) is 0 Å². The number of nitrogens with zero attached hydrogens (tertiary/aromatic N) is 2. The van der Waals surface area contributed by atoms with Crippen molar-refractivity contribution < 1.29 is 23.8 Å². The fourth-order valence-corrected chi connectivity index (χ4v) is 3.82. The number of ether oxygens (including phenoxy) is 3. The average molecular weight is 390 g/mol. The van der Waals surface area contributed by atoms with Crippen LogP contribution in [-0.2, 0) is 20.8 Å². The van der Waals surface area contributed by atoms with Crippen molar-refractivity contribution in [2.24, 2.45) is 0 Å². The molecule has 2 aliphatic heterocycles. The standard InChI is InChI=1S/C21H30N2O5/c1-20(2,3)28-19(25)23-12-10-17(23)21(26-4)11-13-22(15-21)18(24)27-14-16-8-6-5-7-9-16/h5-9,17H,10-15H2,1-4H3/t17-,21+/m1/s1. The third-order valence-electron chi connectivity index (χ3n) is 5.39. The first-order chi connectivity index (χ1) is 13.2. The minimum Gasteiger partial charge on any atom is -0.445 e. The third kappa shape index (κ3) is 4.41. The molecule has 2 amide bonds. The number of hydrogen-bond acceptors (Lipinski definition) is 5. The molecule has 3 rings (SSSR count). The molecule has 0 N–H and O–H groups in total. The summed E-state index contributed by atoms with van der Waals surface area (Å²) >= 11 is 0. The highest BCUT2D eigenvalue weighted by Crippen LogP contribution is 2.38. The summed E-state index contributed by atoms with van der Waals surface area (Å²) in [5.74, 6) is 0. The Labute approximate surface area is 166 Å². The molecular weight excluding hydrogens is 360 g/mol. The first kappa shape index (κ1) is 20.5. The van der Waals surface area contributed by atoms with Crippen LogP contribution in [0.2, 0.25) is 0 Å². The van der Waals surface area contributed by atoms with Crippen molar-refractivity contribution >= 4 is 12.2 Å². The highest BCUT2D eigenvalue weighted by molar-refractivity contribution is 5.70.